The van der Waals surface area contributed by atoms with Crippen LogP contribution in [0.3, 0.4) is 0 Å². The van der Waals surface area contributed by atoms with Crippen molar-refractivity contribution in [1.29, 1.82) is 0 Å². The van der Waals surface area contributed by atoms with Gasteiger partial charge in [0.1, 0.15) is 0 Å². The first-order valence-electron chi connectivity index (χ1n) is 7.87. The SMILES string of the molecule is CC(C)(C)c1ccc(/C=C/C(=O)Nc2nc3ccccc3s2)cc1. The molecule has 0 atom stereocenters. The molecule has 2 aromatic carbocycles. The van der Waals surface area contributed by atoms with Crippen molar-refractivity contribution in [2.75, 3.05) is 5.32 Å². The monoisotopic (exact) mass is 336 g/mol. The molecule has 0 aliphatic rings. The number of anilines is 1. The maximum atomic E-state index is 12.1. The molecule has 1 amide bonds. The van der Waals surface area contributed by atoms with Crippen LogP contribution >= 0.6 is 11.3 Å². The lowest BCUT2D eigenvalue weighted by Gasteiger charge is -2.18. The number of nitrogens with one attached hydrogen (secondary N) is 1. The van der Waals surface area contributed by atoms with E-state index in [2.05, 4.69) is 43.2 Å². The van der Waals surface area contributed by atoms with Crippen LogP contribution in [-0.4, -0.2) is 10.9 Å². The third kappa shape index (κ3) is 3.89. The fraction of sp³-hybridized carbons (Fsp3) is 0.200. The molecule has 0 saturated carbocycles. The summed E-state index contributed by atoms with van der Waals surface area (Å²) in [7, 11) is 0. The summed E-state index contributed by atoms with van der Waals surface area (Å²) in [5.74, 6) is -0.172. The fourth-order valence-corrected chi connectivity index (χ4v) is 3.21. The molecule has 4 heteroatoms. The first kappa shape index (κ1) is 16.4. The average molecular weight is 336 g/mol. The molecule has 3 rings (SSSR count). The van der Waals surface area contributed by atoms with Crippen LogP contribution in [0.25, 0.3) is 16.3 Å². The molecule has 3 nitrogen and oxygen atoms in total. The van der Waals surface area contributed by atoms with E-state index in [9.17, 15) is 4.79 Å². The van der Waals surface area contributed by atoms with Crippen molar-refractivity contribution in [2.24, 2.45) is 0 Å². The number of hydrogen-bond donors (Lipinski definition) is 1. The molecule has 1 heterocycles. The lowest BCUT2D eigenvalue weighted by Crippen LogP contribution is -2.10. The second-order valence-corrected chi connectivity index (χ2v) is 7.71. The Morgan fingerprint density at radius 1 is 1.08 bits per heavy atom. The first-order valence-corrected chi connectivity index (χ1v) is 8.69. The molecule has 0 radical (unpaired) electrons. The largest absolute Gasteiger partial charge is 0.298 e. The molecule has 0 spiro atoms. The van der Waals surface area contributed by atoms with E-state index >= 15 is 0 Å². The highest BCUT2D eigenvalue weighted by atomic mass is 32.1. The summed E-state index contributed by atoms with van der Waals surface area (Å²) in [6.07, 6.45) is 3.35. The molecule has 0 aliphatic carbocycles. The van der Waals surface area contributed by atoms with Gasteiger partial charge in [-0.05, 0) is 34.8 Å². The second kappa shape index (κ2) is 6.57. The third-order valence-corrected chi connectivity index (χ3v) is 4.68. The molecule has 3 aromatic rings. The van der Waals surface area contributed by atoms with Gasteiger partial charge >= 0.3 is 0 Å². The van der Waals surface area contributed by atoms with Gasteiger partial charge in [0.25, 0.3) is 0 Å². The third-order valence-electron chi connectivity index (χ3n) is 3.73. The molecule has 0 fully saturated rings. The van der Waals surface area contributed by atoms with Crippen LogP contribution in [-0.2, 0) is 10.2 Å². The van der Waals surface area contributed by atoms with Crippen LogP contribution in [0, 0.1) is 0 Å². The number of benzene rings is 2. The van der Waals surface area contributed by atoms with Crippen LogP contribution < -0.4 is 5.32 Å². The maximum Gasteiger partial charge on any atom is 0.250 e. The zero-order valence-corrected chi connectivity index (χ0v) is 14.9. The van der Waals surface area contributed by atoms with Crippen molar-refractivity contribution in [3.05, 3.63) is 65.7 Å². The molecule has 0 unspecified atom stereocenters. The number of carbonyl (C=O) groups excluding carboxylic acids is 1. The van der Waals surface area contributed by atoms with Gasteiger partial charge < -0.3 is 0 Å². The predicted molar refractivity (Wildman–Crippen MR) is 102 cm³/mol. The van der Waals surface area contributed by atoms with Gasteiger partial charge in [-0.25, -0.2) is 4.98 Å². The highest BCUT2D eigenvalue weighted by Gasteiger charge is 2.12. The predicted octanol–water partition coefficient (Wildman–Crippen LogP) is 5.25. The average Bonchev–Trinajstić information content (AvgIpc) is 2.94. The van der Waals surface area contributed by atoms with Gasteiger partial charge in [-0.1, -0.05) is 68.5 Å². The summed E-state index contributed by atoms with van der Waals surface area (Å²) in [5, 5.41) is 3.44. The van der Waals surface area contributed by atoms with Crippen molar-refractivity contribution in [3.8, 4) is 0 Å². The van der Waals surface area contributed by atoms with Gasteiger partial charge in [0.05, 0.1) is 10.2 Å². The van der Waals surface area contributed by atoms with Crippen molar-refractivity contribution in [1.82, 2.24) is 4.98 Å². The van der Waals surface area contributed by atoms with E-state index in [1.807, 2.05) is 42.5 Å². The maximum absolute atomic E-state index is 12.1. The Morgan fingerprint density at radius 2 is 1.79 bits per heavy atom. The summed E-state index contributed by atoms with van der Waals surface area (Å²) >= 11 is 1.48. The fourth-order valence-electron chi connectivity index (χ4n) is 2.34. The standard InChI is InChI=1S/C20H20N2OS/c1-20(2,3)15-11-8-14(9-12-15)10-13-18(23)22-19-21-16-6-4-5-7-17(16)24-19/h4-13H,1-3H3,(H,21,22,23)/b13-10+. The lowest BCUT2D eigenvalue weighted by molar-refractivity contribution is -0.111. The quantitative estimate of drug-likeness (QED) is 0.664. The Hall–Kier alpha value is -2.46. The Kier molecular flexibility index (Phi) is 4.49. The number of para-hydroxylation sites is 1. The van der Waals surface area contributed by atoms with E-state index in [-0.39, 0.29) is 11.3 Å². The van der Waals surface area contributed by atoms with Gasteiger partial charge in [0.15, 0.2) is 5.13 Å². The smallest absolute Gasteiger partial charge is 0.250 e. The minimum Gasteiger partial charge on any atom is -0.298 e. The van der Waals surface area contributed by atoms with Crippen LogP contribution in [0.4, 0.5) is 5.13 Å². The molecule has 0 aliphatic heterocycles. The van der Waals surface area contributed by atoms with Crippen molar-refractivity contribution >= 4 is 38.7 Å². The van der Waals surface area contributed by atoms with E-state index in [0.29, 0.717) is 5.13 Å². The second-order valence-electron chi connectivity index (χ2n) is 6.68. The molecule has 0 bridgehead atoms. The summed E-state index contributed by atoms with van der Waals surface area (Å²) in [6, 6.07) is 16.1. The molecule has 1 aromatic heterocycles. The van der Waals surface area contributed by atoms with E-state index in [1.165, 1.54) is 23.0 Å². The molecule has 0 saturated heterocycles. The van der Waals surface area contributed by atoms with E-state index in [1.54, 1.807) is 0 Å². The van der Waals surface area contributed by atoms with E-state index in [0.717, 1.165) is 15.8 Å². The number of carbonyl (C=O) groups is 1. The Morgan fingerprint density at radius 3 is 2.46 bits per heavy atom. The summed E-state index contributed by atoms with van der Waals surface area (Å²) in [4.78, 5) is 16.5. The van der Waals surface area contributed by atoms with Gasteiger partial charge in [-0.2, -0.15) is 0 Å². The Bertz CT molecular complexity index is 853. The number of nitrogens with zero attached hydrogens (tertiary/aromatic N) is 1. The highest BCUT2D eigenvalue weighted by molar-refractivity contribution is 7.22. The number of amides is 1. The number of thiazole rings is 1. The van der Waals surface area contributed by atoms with Gasteiger partial charge in [-0.15, -0.1) is 0 Å². The Balaban J connectivity index is 1.66. The first-order chi connectivity index (χ1) is 11.4. The molecular formula is C20H20N2OS. The Labute approximate surface area is 146 Å². The van der Waals surface area contributed by atoms with Gasteiger partial charge in [0, 0.05) is 6.08 Å². The van der Waals surface area contributed by atoms with Crippen LogP contribution in [0.2, 0.25) is 0 Å². The summed E-state index contributed by atoms with van der Waals surface area (Å²) in [5.41, 5.74) is 3.31. The minimum atomic E-state index is -0.172. The van der Waals surface area contributed by atoms with Crippen molar-refractivity contribution in [2.45, 2.75) is 26.2 Å². The van der Waals surface area contributed by atoms with Crippen molar-refractivity contribution < 1.29 is 4.79 Å². The summed E-state index contributed by atoms with van der Waals surface area (Å²) in [6.45, 7) is 6.55. The van der Waals surface area contributed by atoms with Crippen LogP contribution in [0.5, 0.6) is 0 Å². The number of hydrogen-bond acceptors (Lipinski definition) is 3. The van der Waals surface area contributed by atoms with Gasteiger partial charge in [0.2, 0.25) is 5.91 Å². The van der Waals surface area contributed by atoms with E-state index in [4.69, 9.17) is 0 Å². The zero-order valence-electron chi connectivity index (χ0n) is 14.0. The van der Waals surface area contributed by atoms with Crippen LogP contribution in [0.1, 0.15) is 31.9 Å². The minimum absolute atomic E-state index is 0.131. The topological polar surface area (TPSA) is 42.0 Å². The highest BCUT2D eigenvalue weighted by Crippen LogP contribution is 2.25. The summed E-state index contributed by atoms with van der Waals surface area (Å²) < 4.78 is 1.06. The lowest BCUT2D eigenvalue weighted by atomic mass is 9.87. The number of aromatic nitrogens is 1. The number of rotatable bonds is 3. The van der Waals surface area contributed by atoms with Crippen molar-refractivity contribution in [3.63, 3.8) is 0 Å². The molecule has 24 heavy (non-hydrogen) atoms. The normalized spacial score (nSPS) is 12.0. The van der Waals surface area contributed by atoms with Gasteiger partial charge in [-0.3, -0.25) is 10.1 Å². The molecule has 1 N–H and O–H groups in total. The molecular weight excluding hydrogens is 316 g/mol. The van der Waals surface area contributed by atoms with E-state index < -0.39 is 0 Å². The molecule has 122 valence electrons. The number of fused-ring (bicyclic) bond motifs is 1. The van der Waals surface area contributed by atoms with Crippen LogP contribution in [0.15, 0.2) is 54.6 Å². The zero-order chi connectivity index (χ0) is 17.2.